The van der Waals surface area contributed by atoms with Gasteiger partial charge in [0.2, 0.25) is 10.0 Å². The van der Waals surface area contributed by atoms with Crippen molar-refractivity contribution in [3.63, 3.8) is 0 Å². The van der Waals surface area contributed by atoms with Crippen molar-refractivity contribution in [2.75, 3.05) is 11.3 Å². The Hall–Kier alpha value is -3.21. The summed E-state index contributed by atoms with van der Waals surface area (Å²) in [4.78, 5) is 12.0. The lowest BCUT2D eigenvalue weighted by atomic mass is 10.1. The van der Waals surface area contributed by atoms with Crippen LogP contribution in [0.5, 0.6) is 0 Å². The van der Waals surface area contributed by atoms with Crippen molar-refractivity contribution in [2.24, 2.45) is 5.14 Å². The van der Waals surface area contributed by atoms with Gasteiger partial charge in [-0.3, -0.25) is 9.52 Å². The number of sulfonamides is 2. The van der Waals surface area contributed by atoms with E-state index in [0.29, 0.717) is 13.0 Å². The monoisotopic (exact) mass is 459 g/mol. The first-order valence-electron chi connectivity index (χ1n) is 9.24. The van der Waals surface area contributed by atoms with Gasteiger partial charge in [0, 0.05) is 6.54 Å². The van der Waals surface area contributed by atoms with Gasteiger partial charge in [0.05, 0.1) is 21.0 Å². The number of anilines is 1. The van der Waals surface area contributed by atoms with Gasteiger partial charge in [0.1, 0.15) is 0 Å². The highest BCUT2D eigenvalue weighted by atomic mass is 32.2. The zero-order valence-corrected chi connectivity index (χ0v) is 18.0. The van der Waals surface area contributed by atoms with Gasteiger partial charge in [-0.1, -0.05) is 48.5 Å². The quantitative estimate of drug-likeness (QED) is 0.474. The van der Waals surface area contributed by atoms with Gasteiger partial charge in [-0.2, -0.15) is 0 Å². The molecule has 0 fully saturated rings. The number of carbonyl (C=O) groups excluding carboxylic acids is 1. The standard InChI is InChI=1S/C21H21N3O5S2/c22-30(26,27)17-9-6-10-18(15-17)31(28,29)24-20-12-5-4-11-19(20)21(25)23-14-13-16-7-2-1-3-8-16/h1-12,15,24H,13-14H2,(H,23,25)(H2,22,26,27). The molecule has 31 heavy (non-hydrogen) atoms. The van der Waals surface area contributed by atoms with Crippen molar-refractivity contribution in [3.05, 3.63) is 90.0 Å². The lowest BCUT2D eigenvalue weighted by molar-refractivity contribution is 0.0955. The molecule has 0 bridgehead atoms. The predicted octanol–water partition coefficient (Wildman–Crippen LogP) is 2.11. The van der Waals surface area contributed by atoms with Crippen LogP contribution in [0.25, 0.3) is 0 Å². The van der Waals surface area contributed by atoms with Crippen molar-refractivity contribution in [3.8, 4) is 0 Å². The molecule has 0 aliphatic rings. The molecule has 1 amide bonds. The third-order valence-corrected chi connectivity index (χ3v) is 6.68. The minimum absolute atomic E-state index is 0.0701. The Balaban J connectivity index is 1.77. The molecule has 0 spiro atoms. The Morgan fingerprint density at radius 1 is 0.806 bits per heavy atom. The van der Waals surface area contributed by atoms with Crippen molar-refractivity contribution in [1.29, 1.82) is 0 Å². The van der Waals surface area contributed by atoms with Crippen LogP contribution in [0.2, 0.25) is 0 Å². The zero-order valence-electron chi connectivity index (χ0n) is 16.4. The Labute approximate surface area is 181 Å². The van der Waals surface area contributed by atoms with Crippen molar-refractivity contribution in [1.82, 2.24) is 5.32 Å². The molecule has 0 radical (unpaired) electrons. The number of nitrogens with one attached hydrogen (secondary N) is 2. The van der Waals surface area contributed by atoms with Gasteiger partial charge >= 0.3 is 0 Å². The van der Waals surface area contributed by atoms with E-state index >= 15 is 0 Å². The van der Waals surface area contributed by atoms with Crippen LogP contribution in [0, 0.1) is 0 Å². The molecular weight excluding hydrogens is 438 g/mol. The second-order valence-electron chi connectivity index (χ2n) is 6.66. The number of hydrogen-bond donors (Lipinski definition) is 3. The van der Waals surface area contributed by atoms with Crippen molar-refractivity contribution in [2.45, 2.75) is 16.2 Å². The molecule has 162 valence electrons. The van der Waals surface area contributed by atoms with Crippen molar-refractivity contribution >= 4 is 31.6 Å². The number of carbonyl (C=O) groups is 1. The normalized spacial score (nSPS) is 11.6. The van der Waals surface area contributed by atoms with E-state index in [1.54, 1.807) is 12.1 Å². The minimum atomic E-state index is -4.17. The maximum absolute atomic E-state index is 12.8. The van der Waals surface area contributed by atoms with E-state index < -0.39 is 26.0 Å². The summed E-state index contributed by atoms with van der Waals surface area (Å²) in [5, 5.41) is 7.85. The number of hydrogen-bond acceptors (Lipinski definition) is 5. The summed E-state index contributed by atoms with van der Waals surface area (Å²) in [7, 11) is -8.24. The second kappa shape index (κ2) is 9.29. The molecule has 0 saturated heterocycles. The van der Waals surface area contributed by atoms with Crippen LogP contribution in [-0.2, 0) is 26.5 Å². The van der Waals surface area contributed by atoms with E-state index in [1.807, 2.05) is 30.3 Å². The summed E-state index contributed by atoms with van der Waals surface area (Å²) in [6.45, 7) is 0.375. The fourth-order valence-electron chi connectivity index (χ4n) is 2.85. The smallest absolute Gasteiger partial charge is 0.261 e. The Kier molecular flexibility index (Phi) is 6.74. The molecule has 3 aromatic rings. The van der Waals surface area contributed by atoms with Crippen LogP contribution in [0.3, 0.4) is 0 Å². The van der Waals surface area contributed by atoms with Crippen LogP contribution in [-0.4, -0.2) is 29.3 Å². The predicted molar refractivity (Wildman–Crippen MR) is 118 cm³/mol. The number of benzene rings is 3. The lowest BCUT2D eigenvalue weighted by Gasteiger charge is -2.13. The highest BCUT2D eigenvalue weighted by Gasteiger charge is 2.20. The average Bonchev–Trinajstić information content (AvgIpc) is 2.74. The molecule has 0 heterocycles. The first kappa shape index (κ1) is 22.5. The van der Waals surface area contributed by atoms with E-state index in [4.69, 9.17) is 5.14 Å². The first-order valence-corrected chi connectivity index (χ1v) is 12.3. The average molecular weight is 460 g/mol. The van der Waals surface area contributed by atoms with Crippen LogP contribution in [0.4, 0.5) is 5.69 Å². The fraction of sp³-hybridized carbons (Fsp3) is 0.0952. The van der Waals surface area contributed by atoms with E-state index in [1.165, 1.54) is 30.3 Å². The van der Waals surface area contributed by atoms with Crippen LogP contribution >= 0.6 is 0 Å². The first-order chi connectivity index (χ1) is 14.7. The van der Waals surface area contributed by atoms with Crippen LogP contribution < -0.4 is 15.2 Å². The van der Waals surface area contributed by atoms with Gasteiger partial charge in [-0.25, -0.2) is 22.0 Å². The number of nitrogens with two attached hydrogens (primary N) is 1. The SMILES string of the molecule is NS(=O)(=O)c1cccc(S(=O)(=O)Nc2ccccc2C(=O)NCCc2ccccc2)c1. The number of amides is 1. The lowest BCUT2D eigenvalue weighted by Crippen LogP contribution is -2.27. The molecule has 8 nitrogen and oxygen atoms in total. The van der Waals surface area contributed by atoms with Crippen LogP contribution in [0.15, 0.2) is 88.7 Å². The molecule has 0 atom stereocenters. The van der Waals surface area contributed by atoms with Crippen LogP contribution in [0.1, 0.15) is 15.9 Å². The molecule has 0 saturated carbocycles. The summed E-state index contributed by atoms with van der Waals surface area (Å²) < 4.78 is 51.0. The second-order valence-corrected chi connectivity index (χ2v) is 9.91. The summed E-state index contributed by atoms with van der Waals surface area (Å²) in [6.07, 6.45) is 0.626. The van der Waals surface area contributed by atoms with E-state index in [0.717, 1.165) is 11.6 Å². The molecule has 0 aromatic heterocycles. The maximum atomic E-state index is 12.8. The Morgan fingerprint density at radius 3 is 2.16 bits per heavy atom. The molecule has 0 aliphatic carbocycles. The molecule has 3 rings (SSSR count). The topological polar surface area (TPSA) is 135 Å². The minimum Gasteiger partial charge on any atom is -0.352 e. The number of primary sulfonamides is 1. The third kappa shape index (κ3) is 5.91. The third-order valence-electron chi connectivity index (χ3n) is 4.40. The summed E-state index contributed by atoms with van der Waals surface area (Å²) >= 11 is 0. The maximum Gasteiger partial charge on any atom is 0.261 e. The Bertz CT molecular complexity index is 1290. The largest absolute Gasteiger partial charge is 0.352 e. The number of rotatable bonds is 8. The molecule has 0 aliphatic heterocycles. The van der Waals surface area contributed by atoms with E-state index in [2.05, 4.69) is 10.0 Å². The van der Waals surface area contributed by atoms with Gasteiger partial charge in [-0.15, -0.1) is 0 Å². The molecule has 3 aromatic carbocycles. The molecule has 4 N–H and O–H groups in total. The van der Waals surface area contributed by atoms with Gasteiger partial charge in [0.15, 0.2) is 0 Å². The molecule has 0 unspecified atom stereocenters. The van der Waals surface area contributed by atoms with Gasteiger partial charge < -0.3 is 5.32 Å². The summed E-state index contributed by atoms with van der Waals surface area (Å²) in [5.74, 6) is -0.437. The fourth-order valence-corrected chi connectivity index (χ4v) is 4.61. The van der Waals surface area contributed by atoms with E-state index in [9.17, 15) is 21.6 Å². The highest BCUT2D eigenvalue weighted by Crippen LogP contribution is 2.21. The summed E-state index contributed by atoms with van der Waals surface area (Å²) in [6, 6.07) is 20.4. The summed E-state index contributed by atoms with van der Waals surface area (Å²) in [5.41, 5.74) is 1.27. The Morgan fingerprint density at radius 2 is 1.45 bits per heavy atom. The van der Waals surface area contributed by atoms with E-state index in [-0.39, 0.29) is 21.0 Å². The molecule has 10 heteroatoms. The molecular formula is C21H21N3O5S2. The van der Waals surface area contributed by atoms with Crippen molar-refractivity contribution < 1.29 is 21.6 Å². The number of para-hydroxylation sites is 1. The van der Waals surface area contributed by atoms with Gasteiger partial charge in [-0.05, 0) is 42.3 Å². The highest BCUT2D eigenvalue weighted by molar-refractivity contribution is 7.93. The zero-order chi connectivity index (χ0) is 22.5. The van der Waals surface area contributed by atoms with Gasteiger partial charge in [0.25, 0.3) is 15.9 Å².